The smallest absolute Gasteiger partial charge is 0.410 e. The number of aromatic nitrogens is 2. The Balaban J connectivity index is 1.48. The van der Waals surface area contributed by atoms with Gasteiger partial charge in [0.25, 0.3) is 0 Å². The highest BCUT2D eigenvalue weighted by atomic mass is 19.1. The number of nitrogens with zero attached hydrogens (tertiary/aromatic N) is 4. The minimum absolute atomic E-state index is 0.0140. The molecule has 4 heterocycles. The molecule has 0 aliphatic carbocycles. The zero-order valence-corrected chi connectivity index (χ0v) is 46.8. The minimum Gasteiger partial charge on any atom is -0.461 e. The zero-order valence-electron chi connectivity index (χ0n) is 50.8. The van der Waals surface area contributed by atoms with E-state index in [-0.39, 0.29) is 83.1 Å². The second-order valence-electron chi connectivity index (χ2n) is 21.8. The molecule has 0 unspecified atom stereocenters. The molecule has 0 radical (unpaired) electrons. The molecule has 2 aromatic heterocycles. The Bertz CT molecular complexity index is 2920. The van der Waals surface area contributed by atoms with Gasteiger partial charge in [0.05, 0.1) is 24.5 Å². The van der Waals surface area contributed by atoms with Crippen molar-refractivity contribution in [3.05, 3.63) is 59.2 Å². The molecule has 4 aromatic rings. The number of rotatable bonds is 17. The number of hydrogen-bond donors (Lipinski definition) is 4. The summed E-state index contributed by atoms with van der Waals surface area (Å²) in [4.78, 5) is 119. The monoisotopic (exact) mass is 1090 g/mol. The summed E-state index contributed by atoms with van der Waals surface area (Å²) in [5.41, 5.74) is -2.58. The fraction of sp³-hybridized carbons (Fsp3) is 0.571. The van der Waals surface area contributed by atoms with Crippen LogP contribution in [0.3, 0.4) is 0 Å². The van der Waals surface area contributed by atoms with Gasteiger partial charge in [-0.15, -0.1) is 0 Å². The lowest BCUT2D eigenvalue weighted by molar-refractivity contribution is -0.147. The summed E-state index contributed by atoms with van der Waals surface area (Å²) in [7, 11) is 2.71. The van der Waals surface area contributed by atoms with Crippen LogP contribution in [0, 0.1) is 11.6 Å². The number of H-pyrrole nitrogens is 2. The van der Waals surface area contributed by atoms with Gasteiger partial charge in [0.15, 0.2) is 0 Å². The second-order valence-corrected chi connectivity index (χ2v) is 21.8. The number of nitrogens with one attached hydrogen (secondary N) is 4. The lowest BCUT2D eigenvalue weighted by atomic mass is 9.94. The van der Waals surface area contributed by atoms with E-state index in [9.17, 15) is 43.8 Å². The van der Waals surface area contributed by atoms with Gasteiger partial charge in [-0.2, -0.15) is 0 Å². The summed E-state index contributed by atoms with van der Waals surface area (Å²) >= 11 is 0. The number of likely N-dealkylation sites (tertiary alicyclic amines) is 2. The van der Waals surface area contributed by atoms with Crippen molar-refractivity contribution in [2.24, 2.45) is 0 Å². The van der Waals surface area contributed by atoms with Crippen molar-refractivity contribution in [2.75, 3.05) is 27.2 Å². The standard InChI is InChI=1S/C56H76F2N8O12/c1-15-43(61-49(69)29(3)63(13)53(73)77-55(7,8)9)51(71)65-27-37(75-31(5)67)23-35(65)25-41-39-19-17-33(57)21-45(39)59-47(41)48-42(40-20-18-34(58)22-46(40)60-48)26-36-24-38(76-32(6)68)28-66(36)52(72)44(16-2)62-50(70)30(4)64(14)54(74)78-56(10,11)12/h17-22,29-30,35-38,43-44,59-60H,15-16,23-28H2,1-14H3,(H,61,69)(H,62,70)/t29-,30-,35-,36-,37-,38-,43-,44-/m0/s1/i25D2,26D2. The first-order valence-electron chi connectivity index (χ1n) is 28.0. The first kappa shape index (κ1) is 54.1. The van der Waals surface area contributed by atoms with E-state index < -0.39 is 132 Å². The lowest BCUT2D eigenvalue weighted by Gasteiger charge is -2.31. The van der Waals surface area contributed by atoms with Gasteiger partial charge < -0.3 is 49.3 Å². The fourth-order valence-corrected chi connectivity index (χ4v) is 9.34. The number of likely N-dealkylation sites (N-methyl/N-ethyl adjacent to an activating group) is 2. The van der Waals surface area contributed by atoms with E-state index in [1.807, 2.05) is 0 Å². The molecule has 2 aliphatic heterocycles. The quantitative estimate of drug-likeness (QED) is 0.0615. The molecule has 6 rings (SSSR count). The van der Waals surface area contributed by atoms with Crippen LogP contribution in [0.2, 0.25) is 0 Å². The van der Waals surface area contributed by atoms with Crippen LogP contribution in [0.4, 0.5) is 18.4 Å². The Morgan fingerprint density at radius 3 is 1.31 bits per heavy atom. The van der Waals surface area contributed by atoms with E-state index >= 15 is 8.78 Å². The normalized spacial score (nSPS) is 20.3. The topological polar surface area (TPSA) is 242 Å². The molecule has 2 saturated heterocycles. The van der Waals surface area contributed by atoms with E-state index in [0.29, 0.717) is 0 Å². The number of esters is 2. The van der Waals surface area contributed by atoms with Crippen LogP contribution in [0.1, 0.15) is 125 Å². The van der Waals surface area contributed by atoms with Crippen LogP contribution >= 0.6 is 0 Å². The number of benzene rings is 2. The summed E-state index contributed by atoms with van der Waals surface area (Å²) in [6, 6.07) is -1.07. The van der Waals surface area contributed by atoms with Crippen molar-refractivity contribution in [3.63, 3.8) is 0 Å². The zero-order chi connectivity index (χ0) is 61.5. The van der Waals surface area contributed by atoms with Gasteiger partial charge >= 0.3 is 24.1 Å². The molecule has 0 spiro atoms. The Labute approximate surface area is 459 Å². The molecule has 426 valence electrons. The Kier molecular flexibility index (Phi) is 16.8. The van der Waals surface area contributed by atoms with E-state index in [0.717, 1.165) is 57.7 Å². The predicted octanol–water partition coefficient (Wildman–Crippen LogP) is 7.05. The largest absolute Gasteiger partial charge is 0.461 e. The average molecular weight is 1100 g/mol. The minimum atomic E-state index is -2.76. The van der Waals surface area contributed by atoms with Crippen molar-refractivity contribution in [1.29, 1.82) is 0 Å². The number of amides is 6. The maximum atomic E-state index is 15.3. The third-order valence-electron chi connectivity index (χ3n) is 13.5. The number of hydrogen-bond acceptors (Lipinski definition) is 12. The van der Waals surface area contributed by atoms with Gasteiger partial charge in [-0.25, -0.2) is 18.4 Å². The molecular weight excluding hydrogens is 1010 g/mol. The molecule has 2 aliphatic rings. The number of carbonyl (C=O) groups is 8. The van der Waals surface area contributed by atoms with Crippen molar-refractivity contribution in [1.82, 2.24) is 40.2 Å². The molecule has 20 nitrogen and oxygen atoms in total. The van der Waals surface area contributed by atoms with Gasteiger partial charge in [0, 0.05) is 80.2 Å². The van der Waals surface area contributed by atoms with Gasteiger partial charge in [0.1, 0.15) is 59.2 Å². The summed E-state index contributed by atoms with van der Waals surface area (Å²) in [5, 5.41) is 5.51. The molecule has 6 amide bonds. The van der Waals surface area contributed by atoms with E-state index in [2.05, 4.69) is 20.6 Å². The molecule has 0 saturated carbocycles. The van der Waals surface area contributed by atoms with Crippen LogP contribution in [0.15, 0.2) is 36.4 Å². The summed E-state index contributed by atoms with van der Waals surface area (Å²) < 4.78 is 93.6. The molecule has 22 heteroatoms. The number of ether oxygens (including phenoxy) is 4. The van der Waals surface area contributed by atoms with Gasteiger partial charge in [-0.1, -0.05) is 13.8 Å². The number of halogens is 2. The number of fused-ring (bicyclic) bond motifs is 2. The average Bonchev–Trinajstić information content (AvgIpc) is 4.37. The summed E-state index contributed by atoms with van der Waals surface area (Å²) in [6.45, 7) is 17.6. The first-order valence-corrected chi connectivity index (χ1v) is 26.0. The van der Waals surface area contributed by atoms with Crippen LogP contribution in [-0.2, 0) is 60.5 Å². The maximum Gasteiger partial charge on any atom is 0.410 e. The van der Waals surface area contributed by atoms with Gasteiger partial charge in [-0.3, -0.25) is 38.6 Å². The van der Waals surface area contributed by atoms with Crippen molar-refractivity contribution in [2.45, 2.75) is 181 Å². The van der Waals surface area contributed by atoms with E-state index in [4.69, 9.17) is 18.9 Å². The van der Waals surface area contributed by atoms with E-state index in [1.165, 1.54) is 40.1 Å². The van der Waals surface area contributed by atoms with Crippen LogP contribution in [0.25, 0.3) is 33.2 Å². The Morgan fingerprint density at radius 1 is 0.654 bits per heavy atom. The molecule has 8 atom stereocenters. The number of aromatic amines is 2. The molecule has 78 heavy (non-hydrogen) atoms. The third-order valence-corrected chi connectivity index (χ3v) is 13.5. The second kappa shape index (κ2) is 24.2. The highest BCUT2D eigenvalue weighted by Crippen LogP contribution is 2.40. The number of carbonyl (C=O) groups excluding carboxylic acids is 8. The van der Waals surface area contributed by atoms with Crippen LogP contribution in [0.5, 0.6) is 0 Å². The SMILES string of the molecule is [2H]C([2H])(c1c(-c2[nH]c3cc(F)ccc3c2C([2H])([2H])[C@@H]2C[C@H](OC(C)=O)CN2C(=O)[C@H](CC)NC(=O)[C@H](C)N(C)C(=O)OC(C)(C)C)[nH]c2cc(F)ccc12)[C@@H]1C[C@H](OC(C)=O)CN1C(=O)[C@H](CC)NC(=O)[C@H](C)N(C)C(=O)OC(C)(C)C. The molecule has 2 fully saturated rings. The van der Waals surface area contributed by atoms with Crippen LogP contribution < -0.4 is 10.6 Å². The fourth-order valence-electron chi connectivity index (χ4n) is 9.34. The predicted molar refractivity (Wildman–Crippen MR) is 286 cm³/mol. The van der Waals surface area contributed by atoms with E-state index in [1.54, 1.807) is 55.4 Å². The highest BCUT2D eigenvalue weighted by Gasteiger charge is 2.43. The van der Waals surface area contributed by atoms with Gasteiger partial charge in [-0.05, 0) is 129 Å². The lowest BCUT2D eigenvalue weighted by Crippen LogP contribution is -2.55. The first-order chi connectivity index (χ1) is 37.9. The van der Waals surface area contributed by atoms with Crippen LogP contribution in [-0.4, -0.2) is 164 Å². The molecule has 2 aromatic carbocycles. The summed E-state index contributed by atoms with van der Waals surface area (Å²) in [5.74, 6) is -6.01. The van der Waals surface area contributed by atoms with Gasteiger partial charge in [0.2, 0.25) is 23.6 Å². The highest BCUT2D eigenvalue weighted by molar-refractivity contribution is 5.97. The Hall–Kier alpha value is -7.26. The van der Waals surface area contributed by atoms with Crippen molar-refractivity contribution in [3.8, 4) is 11.4 Å². The maximum absolute atomic E-state index is 15.3. The third kappa shape index (κ3) is 14.3. The van der Waals surface area contributed by atoms with Crippen molar-refractivity contribution < 1.29 is 71.6 Å². The van der Waals surface area contributed by atoms with Crippen molar-refractivity contribution >= 4 is 69.6 Å². The molecule has 0 bridgehead atoms. The Morgan fingerprint density at radius 2 is 1.00 bits per heavy atom. The molecule has 4 N–H and O–H groups in total. The molecular formula is C56H76F2N8O12. The summed E-state index contributed by atoms with van der Waals surface area (Å²) in [6.07, 6.45) is -9.94.